The molecule has 0 heterocycles. The van der Waals surface area contributed by atoms with Gasteiger partial charge in [0, 0.05) is 18.4 Å². The van der Waals surface area contributed by atoms with Crippen LogP contribution in [0, 0.1) is 0 Å². The molecule has 4 nitrogen and oxygen atoms in total. The summed E-state index contributed by atoms with van der Waals surface area (Å²) in [6.45, 7) is 0.474. The molecule has 0 amide bonds. The number of hydrogen-bond acceptors (Lipinski definition) is 4. The Morgan fingerprint density at radius 2 is 2.16 bits per heavy atom. The number of fused-ring (bicyclic) bond motifs is 1. The van der Waals surface area contributed by atoms with Crippen molar-refractivity contribution in [3.8, 4) is 5.75 Å². The van der Waals surface area contributed by atoms with E-state index >= 15 is 0 Å². The summed E-state index contributed by atoms with van der Waals surface area (Å²) in [4.78, 5) is 22.6. The molecule has 0 spiro atoms. The molecule has 4 heteroatoms. The molecule has 0 bridgehead atoms. The lowest BCUT2D eigenvalue weighted by molar-refractivity contribution is -0.140. The van der Waals surface area contributed by atoms with Crippen LogP contribution in [0.5, 0.6) is 5.75 Å². The van der Waals surface area contributed by atoms with Crippen molar-refractivity contribution in [2.45, 2.75) is 32.1 Å². The van der Waals surface area contributed by atoms with Crippen LogP contribution in [0.3, 0.4) is 0 Å². The van der Waals surface area contributed by atoms with E-state index in [0.717, 1.165) is 29.7 Å². The molecular weight excluding hydrogens is 244 g/mol. The largest absolute Gasteiger partial charge is 0.494 e. The van der Waals surface area contributed by atoms with Crippen molar-refractivity contribution in [1.82, 2.24) is 0 Å². The molecule has 1 aromatic rings. The second-order valence-corrected chi connectivity index (χ2v) is 4.62. The molecule has 0 aliphatic heterocycles. The van der Waals surface area contributed by atoms with Crippen LogP contribution in [-0.4, -0.2) is 25.5 Å². The molecule has 102 valence electrons. The monoisotopic (exact) mass is 262 g/mol. The second kappa shape index (κ2) is 6.36. The molecule has 1 aliphatic rings. The molecule has 0 saturated carbocycles. The highest BCUT2D eigenvalue weighted by molar-refractivity contribution is 5.98. The van der Waals surface area contributed by atoms with Crippen molar-refractivity contribution in [1.29, 1.82) is 0 Å². The standard InChI is InChI=1S/C15H18O4/c1-18-15(17)6-3-9-19-12-7-8-13-11(10-12)4-2-5-14(13)16/h7-8,10H,2-6,9H2,1H3. The first-order valence-electron chi connectivity index (χ1n) is 6.56. The third-order valence-corrected chi connectivity index (χ3v) is 3.25. The number of carbonyl (C=O) groups excluding carboxylic acids is 2. The van der Waals surface area contributed by atoms with Gasteiger partial charge >= 0.3 is 5.97 Å². The molecule has 0 unspecified atom stereocenters. The number of Topliss-reactive ketones (excluding diaryl/α,β-unsaturated/α-hetero) is 1. The van der Waals surface area contributed by atoms with Gasteiger partial charge in [-0.2, -0.15) is 0 Å². The van der Waals surface area contributed by atoms with Gasteiger partial charge in [0.2, 0.25) is 0 Å². The third-order valence-electron chi connectivity index (χ3n) is 3.25. The van der Waals surface area contributed by atoms with E-state index < -0.39 is 0 Å². The van der Waals surface area contributed by atoms with Crippen molar-refractivity contribution >= 4 is 11.8 Å². The molecule has 19 heavy (non-hydrogen) atoms. The first-order valence-corrected chi connectivity index (χ1v) is 6.56. The van der Waals surface area contributed by atoms with E-state index in [0.29, 0.717) is 25.9 Å². The maximum Gasteiger partial charge on any atom is 0.305 e. The van der Waals surface area contributed by atoms with Gasteiger partial charge in [-0.25, -0.2) is 0 Å². The smallest absolute Gasteiger partial charge is 0.305 e. The summed E-state index contributed by atoms with van der Waals surface area (Å²) in [7, 11) is 1.38. The van der Waals surface area contributed by atoms with Crippen LogP contribution in [0.25, 0.3) is 0 Å². The van der Waals surface area contributed by atoms with Crippen molar-refractivity contribution in [3.05, 3.63) is 29.3 Å². The number of rotatable bonds is 5. The van der Waals surface area contributed by atoms with E-state index in [4.69, 9.17) is 4.74 Å². The zero-order valence-corrected chi connectivity index (χ0v) is 11.1. The first kappa shape index (κ1) is 13.6. The van der Waals surface area contributed by atoms with Gasteiger partial charge in [0.05, 0.1) is 13.7 Å². The van der Waals surface area contributed by atoms with Crippen molar-refractivity contribution in [2.75, 3.05) is 13.7 Å². The Balaban J connectivity index is 1.88. The molecule has 0 saturated heterocycles. The fourth-order valence-electron chi connectivity index (χ4n) is 2.22. The van der Waals surface area contributed by atoms with Crippen molar-refractivity contribution in [2.24, 2.45) is 0 Å². The zero-order valence-electron chi connectivity index (χ0n) is 11.1. The quantitative estimate of drug-likeness (QED) is 0.604. The average molecular weight is 262 g/mol. The average Bonchev–Trinajstić information content (AvgIpc) is 2.43. The zero-order chi connectivity index (χ0) is 13.7. The van der Waals surface area contributed by atoms with E-state index in [1.807, 2.05) is 18.2 Å². The summed E-state index contributed by atoms with van der Waals surface area (Å²) in [6, 6.07) is 5.59. The van der Waals surface area contributed by atoms with Crippen LogP contribution in [0.15, 0.2) is 18.2 Å². The SMILES string of the molecule is COC(=O)CCCOc1ccc2c(c1)CCCC2=O. The number of ether oxygens (including phenoxy) is 2. The fraction of sp³-hybridized carbons (Fsp3) is 0.467. The highest BCUT2D eigenvalue weighted by Crippen LogP contribution is 2.25. The number of hydrogen-bond donors (Lipinski definition) is 0. The van der Waals surface area contributed by atoms with Crippen LogP contribution in [0.4, 0.5) is 0 Å². The molecule has 0 N–H and O–H groups in total. The Hall–Kier alpha value is -1.84. The number of esters is 1. The number of carbonyl (C=O) groups is 2. The maximum absolute atomic E-state index is 11.7. The van der Waals surface area contributed by atoms with Crippen LogP contribution in [0.1, 0.15) is 41.6 Å². The lowest BCUT2D eigenvalue weighted by Crippen LogP contribution is -2.11. The Morgan fingerprint density at radius 3 is 2.95 bits per heavy atom. The maximum atomic E-state index is 11.7. The predicted octanol–water partition coefficient (Wildman–Crippen LogP) is 2.54. The molecule has 0 aromatic heterocycles. The summed E-state index contributed by atoms with van der Waals surface area (Å²) < 4.78 is 10.1. The fourth-order valence-corrected chi connectivity index (χ4v) is 2.22. The Labute approximate surface area is 112 Å². The summed E-state index contributed by atoms with van der Waals surface area (Å²) in [6.07, 6.45) is 3.48. The normalized spacial score (nSPS) is 13.8. The molecule has 1 aliphatic carbocycles. The lowest BCUT2D eigenvalue weighted by Gasteiger charge is -2.15. The van der Waals surface area contributed by atoms with Gasteiger partial charge in [-0.05, 0) is 43.0 Å². The highest BCUT2D eigenvalue weighted by atomic mass is 16.5. The molecular formula is C15H18O4. The van der Waals surface area contributed by atoms with Crippen LogP contribution >= 0.6 is 0 Å². The van der Waals surface area contributed by atoms with Gasteiger partial charge < -0.3 is 9.47 Å². The van der Waals surface area contributed by atoms with E-state index in [1.165, 1.54) is 7.11 Å². The van der Waals surface area contributed by atoms with Gasteiger partial charge in [-0.15, -0.1) is 0 Å². The van der Waals surface area contributed by atoms with Gasteiger partial charge in [0.25, 0.3) is 0 Å². The summed E-state index contributed by atoms with van der Waals surface area (Å²) in [5, 5.41) is 0. The van der Waals surface area contributed by atoms with Crippen molar-refractivity contribution < 1.29 is 19.1 Å². The minimum absolute atomic E-state index is 0.221. The topological polar surface area (TPSA) is 52.6 Å². The van der Waals surface area contributed by atoms with Gasteiger partial charge in [0.15, 0.2) is 5.78 Å². The predicted molar refractivity (Wildman–Crippen MR) is 70.5 cm³/mol. The van der Waals surface area contributed by atoms with Gasteiger partial charge in [-0.1, -0.05) is 0 Å². The molecule has 0 atom stereocenters. The number of benzene rings is 1. The van der Waals surface area contributed by atoms with Crippen LogP contribution in [-0.2, 0) is 16.0 Å². The molecule has 0 fully saturated rings. The van der Waals surface area contributed by atoms with Gasteiger partial charge in [0.1, 0.15) is 5.75 Å². The summed E-state index contributed by atoms with van der Waals surface area (Å²) in [5.74, 6) is 0.761. The van der Waals surface area contributed by atoms with E-state index in [-0.39, 0.29) is 11.8 Å². The third kappa shape index (κ3) is 3.56. The first-order chi connectivity index (χ1) is 9.20. The van der Waals surface area contributed by atoms with Crippen LogP contribution < -0.4 is 4.74 Å². The Bertz CT molecular complexity index is 479. The summed E-state index contributed by atoms with van der Waals surface area (Å²) >= 11 is 0. The lowest BCUT2D eigenvalue weighted by atomic mass is 9.90. The Morgan fingerprint density at radius 1 is 1.32 bits per heavy atom. The molecule has 2 rings (SSSR count). The minimum Gasteiger partial charge on any atom is -0.494 e. The van der Waals surface area contributed by atoms with E-state index in [9.17, 15) is 9.59 Å². The van der Waals surface area contributed by atoms with Crippen LogP contribution in [0.2, 0.25) is 0 Å². The molecule has 0 radical (unpaired) electrons. The van der Waals surface area contributed by atoms with E-state index in [1.54, 1.807) is 0 Å². The van der Waals surface area contributed by atoms with E-state index in [2.05, 4.69) is 4.74 Å². The van der Waals surface area contributed by atoms with Gasteiger partial charge in [-0.3, -0.25) is 9.59 Å². The second-order valence-electron chi connectivity index (χ2n) is 4.62. The molecule has 1 aromatic carbocycles. The number of ketones is 1. The number of methoxy groups -OCH3 is 1. The van der Waals surface area contributed by atoms with Crippen molar-refractivity contribution in [3.63, 3.8) is 0 Å². The summed E-state index contributed by atoms with van der Waals surface area (Å²) in [5.41, 5.74) is 1.90. The number of aryl methyl sites for hydroxylation is 1. The highest BCUT2D eigenvalue weighted by Gasteiger charge is 2.17. The minimum atomic E-state index is -0.223. The Kier molecular flexibility index (Phi) is 4.55.